The summed E-state index contributed by atoms with van der Waals surface area (Å²) in [4.78, 5) is 0. The number of rotatable bonds is 4. The average Bonchev–Trinajstić information content (AvgIpc) is 2.52. The van der Waals surface area contributed by atoms with Gasteiger partial charge in [0.25, 0.3) is 0 Å². The number of hydrogen-bond donors (Lipinski definition) is 1. The highest BCUT2D eigenvalue weighted by Gasteiger charge is 2.18. The molecule has 84 valence electrons. The van der Waals surface area contributed by atoms with Gasteiger partial charge >= 0.3 is 0 Å². The molecular formula is C13H27N. The third-order valence-corrected chi connectivity index (χ3v) is 3.19. The van der Waals surface area contributed by atoms with Crippen molar-refractivity contribution in [3.05, 3.63) is 0 Å². The topological polar surface area (TPSA) is 12.0 Å². The first-order valence-corrected chi connectivity index (χ1v) is 6.22. The second-order valence-corrected chi connectivity index (χ2v) is 6.12. The van der Waals surface area contributed by atoms with Crippen molar-refractivity contribution in [2.75, 3.05) is 6.54 Å². The Kier molecular flexibility index (Phi) is 4.43. The van der Waals surface area contributed by atoms with Gasteiger partial charge in [-0.25, -0.2) is 0 Å². The van der Waals surface area contributed by atoms with E-state index in [-0.39, 0.29) is 5.54 Å². The zero-order valence-corrected chi connectivity index (χ0v) is 10.4. The monoisotopic (exact) mass is 197 g/mol. The highest BCUT2D eigenvalue weighted by molar-refractivity contribution is 4.75. The third-order valence-electron chi connectivity index (χ3n) is 3.19. The Balaban J connectivity index is 2.12. The second kappa shape index (κ2) is 5.16. The van der Waals surface area contributed by atoms with Gasteiger partial charge in [0.1, 0.15) is 0 Å². The summed E-state index contributed by atoms with van der Waals surface area (Å²) in [6.07, 6.45) is 7.36. The Hall–Kier alpha value is -0.0400. The molecule has 1 heteroatoms. The lowest BCUT2D eigenvalue weighted by Crippen LogP contribution is -2.38. The van der Waals surface area contributed by atoms with Crippen molar-refractivity contribution in [1.82, 2.24) is 5.32 Å². The van der Waals surface area contributed by atoms with Crippen molar-refractivity contribution >= 4 is 0 Å². The summed E-state index contributed by atoms with van der Waals surface area (Å²) in [5.74, 6) is 1.88. The van der Waals surface area contributed by atoms with Crippen LogP contribution in [0.4, 0.5) is 0 Å². The van der Waals surface area contributed by atoms with E-state index >= 15 is 0 Å². The normalized spacial score (nSPS) is 21.4. The highest BCUT2D eigenvalue weighted by Crippen LogP contribution is 2.30. The van der Waals surface area contributed by atoms with E-state index in [0.717, 1.165) is 11.8 Å². The molecule has 0 radical (unpaired) electrons. The maximum Gasteiger partial charge on any atom is 0.00966 e. The molecule has 0 spiro atoms. The minimum absolute atomic E-state index is 0.282. The quantitative estimate of drug-likeness (QED) is 0.726. The van der Waals surface area contributed by atoms with E-state index in [1.54, 1.807) is 0 Å². The summed E-state index contributed by atoms with van der Waals surface area (Å²) in [6.45, 7) is 10.3. The summed E-state index contributed by atoms with van der Waals surface area (Å²) in [7, 11) is 0. The molecule has 0 aliphatic heterocycles. The lowest BCUT2D eigenvalue weighted by atomic mass is 9.94. The van der Waals surface area contributed by atoms with Gasteiger partial charge < -0.3 is 5.32 Å². The standard InChI is InChI=1S/C13H27N/c1-11(10-14-13(2,3)4)9-12-7-5-6-8-12/h11-12,14H,5-10H2,1-4H3. The fourth-order valence-corrected chi connectivity index (χ4v) is 2.38. The van der Waals surface area contributed by atoms with Crippen LogP contribution in [0.1, 0.15) is 59.8 Å². The van der Waals surface area contributed by atoms with Crippen molar-refractivity contribution in [3.63, 3.8) is 0 Å². The van der Waals surface area contributed by atoms with Gasteiger partial charge in [0, 0.05) is 5.54 Å². The van der Waals surface area contributed by atoms with Gasteiger partial charge in [-0.1, -0.05) is 32.6 Å². The zero-order chi connectivity index (χ0) is 10.6. The molecule has 1 atom stereocenters. The zero-order valence-electron chi connectivity index (χ0n) is 10.4. The smallest absolute Gasteiger partial charge is 0.00966 e. The van der Waals surface area contributed by atoms with Crippen LogP contribution >= 0.6 is 0 Å². The van der Waals surface area contributed by atoms with Crippen LogP contribution in [0.3, 0.4) is 0 Å². The lowest BCUT2D eigenvalue weighted by molar-refractivity contribution is 0.334. The molecule has 1 rings (SSSR count). The Morgan fingerprint density at radius 3 is 2.29 bits per heavy atom. The molecule has 1 saturated carbocycles. The Morgan fingerprint density at radius 1 is 1.21 bits per heavy atom. The second-order valence-electron chi connectivity index (χ2n) is 6.12. The maximum absolute atomic E-state index is 3.60. The molecule has 0 aromatic heterocycles. The number of hydrogen-bond acceptors (Lipinski definition) is 1. The maximum atomic E-state index is 3.60. The molecule has 0 heterocycles. The molecule has 1 nitrogen and oxygen atoms in total. The van der Waals surface area contributed by atoms with Crippen LogP contribution in [-0.4, -0.2) is 12.1 Å². The molecule has 1 fully saturated rings. The first-order chi connectivity index (χ1) is 6.47. The van der Waals surface area contributed by atoms with E-state index in [1.807, 2.05) is 0 Å². The van der Waals surface area contributed by atoms with Crippen LogP contribution in [-0.2, 0) is 0 Å². The van der Waals surface area contributed by atoms with Gasteiger partial charge in [0.15, 0.2) is 0 Å². The molecule has 1 unspecified atom stereocenters. The summed E-state index contributed by atoms with van der Waals surface area (Å²) < 4.78 is 0. The van der Waals surface area contributed by atoms with Crippen LogP contribution in [0.2, 0.25) is 0 Å². The van der Waals surface area contributed by atoms with Gasteiger partial charge in [-0.2, -0.15) is 0 Å². The van der Waals surface area contributed by atoms with E-state index in [1.165, 1.54) is 38.6 Å². The minimum Gasteiger partial charge on any atom is -0.312 e. The SMILES string of the molecule is CC(CNC(C)(C)C)CC1CCCC1. The van der Waals surface area contributed by atoms with E-state index in [9.17, 15) is 0 Å². The van der Waals surface area contributed by atoms with Gasteiger partial charge in [0.2, 0.25) is 0 Å². The molecule has 0 bridgehead atoms. The fourth-order valence-electron chi connectivity index (χ4n) is 2.38. The molecule has 0 amide bonds. The Morgan fingerprint density at radius 2 is 1.79 bits per heavy atom. The summed E-state index contributed by atoms with van der Waals surface area (Å²) in [5, 5.41) is 3.60. The average molecular weight is 197 g/mol. The molecule has 1 aliphatic rings. The van der Waals surface area contributed by atoms with Crippen LogP contribution in [0.15, 0.2) is 0 Å². The van der Waals surface area contributed by atoms with E-state index in [2.05, 4.69) is 33.0 Å². The van der Waals surface area contributed by atoms with Crippen molar-refractivity contribution in [2.24, 2.45) is 11.8 Å². The predicted octanol–water partition coefficient (Wildman–Crippen LogP) is 3.59. The van der Waals surface area contributed by atoms with E-state index in [0.29, 0.717) is 0 Å². The third kappa shape index (κ3) is 4.99. The van der Waals surface area contributed by atoms with Crippen LogP contribution in [0.25, 0.3) is 0 Å². The summed E-state index contributed by atoms with van der Waals surface area (Å²) in [6, 6.07) is 0. The van der Waals surface area contributed by atoms with Crippen molar-refractivity contribution in [2.45, 2.75) is 65.3 Å². The number of nitrogens with one attached hydrogen (secondary N) is 1. The molecule has 1 aliphatic carbocycles. The van der Waals surface area contributed by atoms with Crippen molar-refractivity contribution in [1.29, 1.82) is 0 Å². The minimum atomic E-state index is 0.282. The molecule has 0 saturated heterocycles. The summed E-state index contributed by atoms with van der Waals surface area (Å²) in [5.41, 5.74) is 0.282. The largest absolute Gasteiger partial charge is 0.312 e. The molecule has 0 aromatic carbocycles. The molecule has 0 aromatic rings. The van der Waals surface area contributed by atoms with Crippen LogP contribution in [0.5, 0.6) is 0 Å². The van der Waals surface area contributed by atoms with E-state index < -0.39 is 0 Å². The lowest BCUT2D eigenvalue weighted by Gasteiger charge is -2.24. The van der Waals surface area contributed by atoms with Crippen LogP contribution < -0.4 is 5.32 Å². The highest BCUT2D eigenvalue weighted by atomic mass is 14.9. The first-order valence-electron chi connectivity index (χ1n) is 6.22. The molecule has 1 N–H and O–H groups in total. The van der Waals surface area contributed by atoms with Gasteiger partial charge in [-0.05, 0) is 45.6 Å². The summed E-state index contributed by atoms with van der Waals surface area (Å²) >= 11 is 0. The van der Waals surface area contributed by atoms with Gasteiger partial charge in [-0.3, -0.25) is 0 Å². The van der Waals surface area contributed by atoms with Crippen LogP contribution in [0, 0.1) is 11.8 Å². The van der Waals surface area contributed by atoms with Crippen molar-refractivity contribution < 1.29 is 0 Å². The molecular weight excluding hydrogens is 170 g/mol. The molecule has 14 heavy (non-hydrogen) atoms. The van der Waals surface area contributed by atoms with Gasteiger partial charge in [-0.15, -0.1) is 0 Å². The predicted molar refractivity (Wildman–Crippen MR) is 63.5 cm³/mol. The fraction of sp³-hybridized carbons (Fsp3) is 1.00. The van der Waals surface area contributed by atoms with Crippen molar-refractivity contribution in [3.8, 4) is 0 Å². The van der Waals surface area contributed by atoms with Gasteiger partial charge in [0.05, 0.1) is 0 Å². The first kappa shape index (κ1) is 12.0. The Labute approximate surface area is 89.7 Å². The van der Waals surface area contributed by atoms with E-state index in [4.69, 9.17) is 0 Å². The Bertz CT molecular complexity index is 151.